The molecule has 1 amide bonds. The van der Waals surface area contributed by atoms with E-state index in [4.69, 9.17) is 0 Å². The van der Waals surface area contributed by atoms with Gasteiger partial charge in [-0.15, -0.1) is 0 Å². The van der Waals surface area contributed by atoms with Crippen LogP contribution in [0.5, 0.6) is 0 Å². The van der Waals surface area contributed by atoms with Gasteiger partial charge in [-0.25, -0.2) is 4.98 Å². The monoisotopic (exact) mass is 396 g/mol. The minimum Gasteiger partial charge on any atom is -0.322 e. The van der Waals surface area contributed by atoms with Gasteiger partial charge in [0.25, 0.3) is 11.5 Å². The molecule has 3 aromatic rings. The van der Waals surface area contributed by atoms with Crippen LogP contribution in [-0.4, -0.2) is 20.4 Å². The highest BCUT2D eigenvalue weighted by Crippen LogP contribution is 2.22. The number of carbonyl (C=O) groups excluding carboxylic acids is 1. The maximum Gasteiger partial charge on any atom is 0.306 e. The molecule has 1 aliphatic heterocycles. The summed E-state index contributed by atoms with van der Waals surface area (Å²) in [5.74, 6) is -0.805. The highest BCUT2D eigenvalue weighted by molar-refractivity contribution is 6.06. The van der Waals surface area contributed by atoms with Crippen LogP contribution in [0.4, 0.5) is 15.8 Å². The Labute approximate surface area is 164 Å². The zero-order valence-corrected chi connectivity index (χ0v) is 15.4. The van der Waals surface area contributed by atoms with E-state index in [1.54, 1.807) is 10.6 Å². The van der Waals surface area contributed by atoms with Crippen molar-refractivity contribution < 1.29 is 14.1 Å². The van der Waals surface area contributed by atoms with E-state index in [-0.39, 0.29) is 16.8 Å². The van der Waals surface area contributed by atoms with Gasteiger partial charge in [-0.05, 0) is 43.2 Å². The molecule has 1 aromatic heterocycles. The van der Waals surface area contributed by atoms with Crippen molar-refractivity contribution in [3.8, 4) is 0 Å². The lowest BCUT2D eigenvalue weighted by atomic mass is 10.1. The van der Waals surface area contributed by atoms with Crippen LogP contribution >= 0.6 is 0 Å². The molecule has 0 unspecified atom stereocenters. The number of halogens is 1. The number of nitro benzene ring substituents is 1. The first-order chi connectivity index (χ1) is 13.9. The van der Waals surface area contributed by atoms with Crippen LogP contribution in [-0.2, 0) is 13.0 Å². The van der Waals surface area contributed by atoms with Crippen molar-refractivity contribution >= 4 is 28.2 Å². The number of rotatable bonds is 3. The van der Waals surface area contributed by atoms with E-state index in [1.165, 1.54) is 18.2 Å². The summed E-state index contributed by atoms with van der Waals surface area (Å²) in [6, 6.07) is 7.71. The molecule has 0 saturated heterocycles. The second-order valence-electron chi connectivity index (χ2n) is 6.90. The van der Waals surface area contributed by atoms with E-state index in [1.807, 2.05) is 0 Å². The molecule has 29 heavy (non-hydrogen) atoms. The molecule has 0 spiro atoms. The van der Waals surface area contributed by atoms with Crippen molar-refractivity contribution in [2.24, 2.45) is 0 Å². The first kappa shape index (κ1) is 18.7. The summed E-state index contributed by atoms with van der Waals surface area (Å²) in [6.45, 7) is 0.642. The van der Waals surface area contributed by atoms with Gasteiger partial charge in [0.05, 0.1) is 15.8 Å². The Hall–Kier alpha value is -3.62. The Morgan fingerprint density at radius 3 is 2.79 bits per heavy atom. The number of aromatic nitrogens is 2. The topological polar surface area (TPSA) is 107 Å². The maximum absolute atomic E-state index is 13.5. The van der Waals surface area contributed by atoms with Crippen LogP contribution in [0.3, 0.4) is 0 Å². The number of anilines is 1. The van der Waals surface area contributed by atoms with E-state index in [2.05, 4.69) is 10.3 Å². The Bertz CT molecular complexity index is 1210. The third-order valence-electron chi connectivity index (χ3n) is 4.98. The third-order valence-corrected chi connectivity index (χ3v) is 4.98. The van der Waals surface area contributed by atoms with Crippen molar-refractivity contribution in [1.29, 1.82) is 0 Å². The smallest absolute Gasteiger partial charge is 0.306 e. The fourth-order valence-corrected chi connectivity index (χ4v) is 3.49. The van der Waals surface area contributed by atoms with Gasteiger partial charge in [-0.3, -0.25) is 24.3 Å². The number of hydrogen-bond acceptors (Lipinski definition) is 5. The molecule has 0 saturated carbocycles. The Balaban J connectivity index is 1.67. The van der Waals surface area contributed by atoms with E-state index < -0.39 is 22.3 Å². The number of carbonyl (C=O) groups is 1. The summed E-state index contributed by atoms with van der Waals surface area (Å²) in [4.78, 5) is 39.9. The molecule has 1 N–H and O–H groups in total. The lowest BCUT2D eigenvalue weighted by molar-refractivity contribution is -0.387. The van der Waals surface area contributed by atoms with Gasteiger partial charge in [0.1, 0.15) is 5.82 Å². The first-order valence-corrected chi connectivity index (χ1v) is 9.23. The summed E-state index contributed by atoms with van der Waals surface area (Å²) in [6.07, 6.45) is 3.64. The van der Waals surface area contributed by atoms with E-state index in [0.717, 1.165) is 31.4 Å². The molecule has 2 aromatic carbocycles. The second kappa shape index (κ2) is 7.42. The van der Waals surface area contributed by atoms with E-state index in [9.17, 15) is 24.1 Å². The van der Waals surface area contributed by atoms with Crippen molar-refractivity contribution in [3.63, 3.8) is 0 Å². The molecule has 8 nitrogen and oxygen atoms in total. The molecule has 9 heteroatoms. The summed E-state index contributed by atoms with van der Waals surface area (Å²) in [5, 5.41) is 13.8. The first-order valence-electron chi connectivity index (χ1n) is 9.23. The lowest BCUT2D eigenvalue weighted by Gasteiger charge is -2.11. The zero-order chi connectivity index (χ0) is 20.5. The SMILES string of the molecule is O=C(Nc1ccc(F)c([N+](=O)[O-])c1)c1ccc2c(=O)n3c(nc2c1)CCCCC3. The van der Waals surface area contributed by atoms with E-state index >= 15 is 0 Å². The number of benzene rings is 2. The summed E-state index contributed by atoms with van der Waals surface area (Å²) < 4.78 is 15.2. The molecule has 148 valence electrons. The highest BCUT2D eigenvalue weighted by Gasteiger charge is 2.18. The number of nitro groups is 1. The second-order valence-corrected chi connectivity index (χ2v) is 6.90. The Morgan fingerprint density at radius 1 is 1.17 bits per heavy atom. The molecule has 0 radical (unpaired) electrons. The van der Waals surface area contributed by atoms with Crippen molar-refractivity contribution in [1.82, 2.24) is 9.55 Å². The minimum absolute atomic E-state index is 0.0955. The van der Waals surface area contributed by atoms with Gasteiger partial charge in [0.15, 0.2) is 0 Å². The van der Waals surface area contributed by atoms with Gasteiger partial charge >= 0.3 is 5.69 Å². The molecular weight excluding hydrogens is 379 g/mol. The standard InChI is InChI=1S/C20H17FN4O4/c21-15-8-6-13(11-17(15)25(28)29)22-19(26)12-5-7-14-16(10-12)23-18-4-2-1-3-9-24(18)20(14)27/h5-8,10-11H,1-4,9H2,(H,22,26). The largest absolute Gasteiger partial charge is 0.322 e. The van der Waals surface area contributed by atoms with Crippen molar-refractivity contribution in [2.75, 3.05) is 5.32 Å². The molecule has 0 aliphatic carbocycles. The summed E-state index contributed by atoms with van der Waals surface area (Å²) >= 11 is 0. The van der Waals surface area contributed by atoms with E-state index in [0.29, 0.717) is 29.7 Å². The van der Waals surface area contributed by atoms with Gasteiger partial charge in [0, 0.05) is 30.3 Å². The molecular formula is C20H17FN4O4. The average Bonchev–Trinajstić information content (AvgIpc) is 2.94. The van der Waals surface area contributed by atoms with Gasteiger partial charge in [0.2, 0.25) is 5.82 Å². The number of nitrogens with zero attached hydrogens (tertiary/aromatic N) is 3. The summed E-state index contributed by atoms with van der Waals surface area (Å²) in [7, 11) is 0. The van der Waals surface area contributed by atoms with Gasteiger partial charge in [-0.2, -0.15) is 4.39 Å². The molecule has 1 aliphatic rings. The lowest BCUT2D eigenvalue weighted by Crippen LogP contribution is -2.24. The van der Waals surface area contributed by atoms with Crippen LogP contribution in [0.1, 0.15) is 35.4 Å². The third kappa shape index (κ3) is 3.58. The number of amides is 1. The van der Waals surface area contributed by atoms with Crippen molar-refractivity contribution in [2.45, 2.75) is 32.2 Å². The number of fused-ring (bicyclic) bond motifs is 2. The van der Waals surface area contributed by atoms with Crippen molar-refractivity contribution in [3.05, 3.63) is 74.1 Å². The van der Waals surface area contributed by atoms with Crippen LogP contribution in [0.2, 0.25) is 0 Å². The van der Waals surface area contributed by atoms with Gasteiger partial charge < -0.3 is 5.32 Å². The molecule has 2 heterocycles. The maximum atomic E-state index is 13.5. The van der Waals surface area contributed by atoms with Crippen LogP contribution in [0, 0.1) is 15.9 Å². The molecule has 4 rings (SSSR count). The van der Waals surface area contributed by atoms with Crippen LogP contribution in [0.15, 0.2) is 41.2 Å². The number of aryl methyl sites for hydroxylation is 1. The molecule has 0 atom stereocenters. The average molecular weight is 396 g/mol. The Morgan fingerprint density at radius 2 is 2.00 bits per heavy atom. The quantitative estimate of drug-likeness (QED) is 0.539. The molecule has 0 fully saturated rings. The zero-order valence-electron chi connectivity index (χ0n) is 15.4. The predicted molar refractivity (Wildman–Crippen MR) is 105 cm³/mol. The fraction of sp³-hybridized carbons (Fsp3) is 0.250. The highest BCUT2D eigenvalue weighted by atomic mass is 19.1. The Kier molecular flexibility index (Phi) is 4.79. The predicted octanol–water partition coefficient (Wildman–Crippen LogP) is 3.42. The summed E-state index contributed by atoms with van der Waals surface area (Å²) in [5.41, 5.74) is -0.0688. The number of hydrogen-bond donors (Lipinski definition) is 1. The number of nitrogens with one attached hydrogen (secondary N) is 1. The fourth-order valence-electron chi connectivity index (χ4n) is 3.49. The minimum atomic E-state index is -0.982. The molecule has 0 bridgehead atoms. The normalized spacial score (nSPS) is 13.6. The van der Waals surface area contributed by atoms with Crippen LogP contribution < -0.4 is 10.9 Å². The van der Waals surface area contributed by atoms with Crippen LogP contribution in [0.25, 0.3) is 10.9 Å². The van der Waals surface area contributed by atoms with Gasteiger partial charge in [-0.1, -0.05) is 6.42 Å².